The van der Waals surface area contributed by atoms with E-state index in [0.29, 0.717) is 16.6 Å². The van der Waals surface area contributed by atoms with Gasteiger partial charge >= 0.3 is 0 Å². The Hall–Kier alpha value is -3.69. The molecule has 0 unspecified atom stereocenters. The number of nitriles is 1. The van der Waals surface area contributed by atoms with Crippen LogP contribution in [0.3, 0.4) is 0 Å². The predicted molar refractivity (Wildman–Crippen MR) is 114 cm³/mol. The highest BCUT2D eigenvalue weighted by atomic mass is 32.2. The predicted octanol–water partition coefficient (Wildman–Crippen LogP) is 4.66. The summed E-state index contributed by atoms with van der Waals surface area (Å²) < 4.78 is 0. The summed E-state index contributed by atoms with van der Waals surface area (Å²) in [5.41, 5.74) is 3.96. The summed E-state index contributed by atoms with van der Waals surface area (Å²) in [5, 5.41) is 9.95. The number of nitrogens with one attached hydrogen (secondary N) is 1. The third-order valence-corrected chi connectivity index (χ3v) is 5.34. The highest BCUT2D eigenvalue weighted by Crippen LogP contribution is 2.26. The SMILES string of the molecule is N#Cc1c(-c2ccc(-c3ccccc3)cc2)nc(SCc2ccncc2)[nH]c1=O. The molecule has 0 fully saturated rings. The first kappa shape index (κ1) is 18.7. The van der Waals surface area contributed by atoms with Crippen LogP contribution in [0.25, 0.3) is 22.4 Å². The molecule has 0 bridgehead atoms. The maximum absolute atomic E-state index is 12.4. The molecule has 4 rings (SSSR count). The van der Waals surface area contributed by atoms with Crippen molar-refractivity contribution >= 4 is 11.8 Å². The monoisotopic (exact) mass is 396 g/mol. The fourth-order valence-corrected chi connectivity index (χ4v) is 3.73. The summed E-state index contributed by atoms with van der Waals surface area (Å²) >= 11 is 1.41. The average molecular weight is 396 g/mol. The Labute approximate surface area is 172 Å². The molecule has 2 heterocycles. The molecule has 0 spiro atoms. The van der Waals surface area contributed by atoms with Gasteiger partial charge in [-0.1, -0.05) is 66.4 Å². The Morgan fingerprint density at radius 2 is 1.55 bits per heavy atom. The van der Waals surface area contributed by atoms with Crippen molar-refractivity contribution in [3.05, 3.63) is 101 Å². The van der Waals surface area contributed by atoms with Gasteiger partial charge in [0.15, 0.2) is 5.16 Å². The van der Waals surface area contributed by atoms with Gasteiger partial charge in [-0.3, -0.25) is 9.78 Å². The zero-order valence-electron chi connectivity index (χ0n) is 15.4. The van der Waals surface area contributed by atoms with Crippen LogP contribution in [0.15, 0.2) is 89.1 Å². The number of H-pyrrole nitrogens is 1. The van der Waals surface area contributed by atoms with Crippen LogP contribution in [0.5, 0.6) is 0 Å². The minimum absolute atomic E-state index is 0.0192. The van der Waals surface area contributed by atoms with Crippen molar-refractivity contribution in [2.24, 2.45) is 0 Å². The molecule has 0 aliphatic heterocycles. The van der Waals surface area contributed by atoms with Crippen molar-refractivity contribution in [1.82, 2.24) is 15.0 Å². The van der Waals surface area contributed by atoms with Gasteiger partial charge in [0.2, 0.25) is 0 Å². The molecule has 6 heteroatoms. The first-order valence-corrected chi connectivity index (χ1v) is 9.95. The largest absolute Gasteiger partial charge is 0.300 e. The topological polar surface area (TPSA) is 82.4 Å². The zero-order valence-corrected chi connectivity index (χ0v) is 16.2. The van der Waals surface area contributed by atoms with Crippen LogP contribution < -0.4 is 5.56 Å². The number of pyridine rings is 1. The van der Waals surface area contributed by atoms with Gasteiger partial charge in [-0.05, 0) is 28.8 Å². The van der Waals surface area contributed by atoms with Gasteiger partial charge < -0.3 is 4.98 Å². The van der Waals surface area contributed by atoms with E-state index >= 15 is 0 Å². The highest BCUT2D eigenvalue weighted by Gasteiger charge is 2.14. The van der Waals surface area contributed by atoms with Crippen molar-refractivity contribution in [2.75, 3.05) is 0 Å². The molecule has 0 atom stereocenters. The smallest absolute Gasteiger partial charge is 0.270 e. The van der Waals surface area contributed by atoms with Crippen LogP contribution in [0.1, 0.15) is 11.1 Å². The van der Waals surface area contributed by atoms with E-state index in [2.05, 4.69) is 15.0 Å². The van der Waals surface area contributed by atoms with Gasteiger partial charge in [0.1, 0.15) is 11.6 Å². The second-order valence-electron chi connectivity index (χ2n) is 6.29. The molecule has 0 saturated carbocycles. The molecule has 0 amide bonds. The summed E-state index contributed by atoms with van der Waals surface area (Å²) in [6.07, 6.45) is 3.45. The fourth-order valence-electron chi connectivity index (χ4n) is 2.92. The first-order chi connectivity index (χ1) is 14.2. The molecular weight excluding hydrogens is 380 g/mol. The molecule has 5 nitrogen and oxygen atoms in total. The standard InChI is InChI=1S/C23H16N4OS/c24-14-20-21(19-8-6-18(7-9-19)17-4-2-1-3-5-17)26-23(27-22(20)28)29-15-16-10-12-25-13-11-16/h1-13H,15H2,(H,26,27,28). The molecule has 4 aromatic rings. The second kappa shape index (κ2) is 8.55. The van der Waals surface area contributed by atoms with Crippen LogP contribution in [0, 0.1) is 11.3 Å². The maximum Gasteiger partial charge on any atom is 0.270 e. The Bertz CT molecular complexity index is 1210. The third-order valence-electron chi connectivity index (χ3n) is 4.40. The highest BCUT2D eigenvalue weighted by molar-refractivity contribution is 7.98. The lowest BCUT2D eigenvalue weighted by Crippen LogP contribution is -2.14. The van der Waals surface area contributed by atoms with Crippen molar-refractivity contribution in [2.45, 2.75) is 10.9 Å². The van der Waals surface area contributed by atoms with Gasteiger partial charge in [0, 0.05) is 23.7 Å². The van der Waals surface area contributed by atoms with Gasteiger partial charge in [0.05, 0.1) is 5.69 Å². The van der Waals surface area contributed by atoms with E-state index in [-0.39, 0.29) is 5.56 Å². The van der Waals surface area contributed by atoms with E-state index in [1.54, 1.807) is 12.4 Å². The van der Waals surface area contributed by atoms with Gasteiger partial charge in [-0.25, -0.2) is 4.98 Å². The van der Waals surface area contributed by atoms with Crippen LogP contribution in [-0.4, -0.2) is 15.0 Å². The number of nitrogens with zero attached hydrogens (tertiary/aromatic N) is 3. The lowest BCUT2D eigenvalue weighted by Gasteiger charge is -2.08. The van der Waals surface area contributed by atoms with E-state index in [9.17, 15) is 10.1 Å². The Kier molecular flexibility index (Phi) is 5.50. The molecule has 29 heavy (non-hydrogen) atoms. The average Bonchev–Trinajstić information content (AvgIpc) is 2.79. The minimum atomic E-state index is -0.429. The zero-order chi connectivity index (χ0) is 20.1. The summed E-state index contributed by atoms with van der Waals surface area (Å²) in [6, 6.07) is 23.6. The molecule has 2 aromatic carbocycles. The molecule has 0 radical (unpaired) electrons. The van der Waals surface area contributed by atoms with Gasteiger partial charge in [0.25, 0.3) is 5.56 Å². The van der Waals surface area contributed by atoms with Crippen LogP contribution in [0.4, 0.5) is 0 Å². The number of aromatic nitrogens is 3. The fraction of sp³-hybridized carbons (Fsp3) is 0.0435. The molecule has 0 aliphatic rings. The number of hydrogen-bond donors (Lipinski definition) is 1. The summed E-state index contributed by atoms with van der Waals surface area (Å²) in [4.78, 5) is 23.7. The molecule has 0 aliphatic carbocycles. The van der Waals surface area contributed by atoms with Crippen LogP contribution >= 0.6 is 11.8 Å². The number of benzene rings is 2. The molecule has 0 saturated heterocycles. The Balaban J connectivity index is 1.66. The van der Waals surface area contributed by atoms with Gasteiger partial charge in [-0.2, -0.15) is 5.26 Å². The van der Waals surface area contributed by atoms with Crippen molar-refractivity contribution in [1.29, 1.82) is 5.26 Å². The minimum Gasteiger partial charge on any atom is -0.300 e. The first-order valence-electron chi connectivity index (χ1n) is 8.96. The number of rotatable bonds is 5. The quantitative estimate of drug-likeness (QED) is 0.392. The Morgan fingerprint density at radius 1 is 0.897 bits per heavy atom. The van der Waals surface area contributed by atoms with Crippen molar-refractivity contribution < 1.29 is 0 Å². The molecule has 1 N–H and O–H groups in total. The number of hydrogen-bond acceptors (Lipinski definition) is 5. The Morgan fingerprint density at radius 3 is 2.24 bits per heavy atom. The molecular formula is C23H16N4OS. The summed E-state index contributed by atoms with van der Waals surface area (Å²) in [7, 11) is 0. The summed E-state index contributed by atoms with van der Waals surface area (Å²) in [6.45, 7) is 0. The molecule has 140 valence electrons. The maximum atomic E-state index is 12.4. The van der Waals surface area contributed by atoms with E-state index in [1.165, 1.54) is 11.8 Å². The van der Waals surface area contributed by atoms with Crippen molar-refractivity contribution in [3.8, 4) is 28.5 Å². The molecule has 2 aromatic heterocycles. The van der Waals surface area contributed by atoms with Crippen molar-refractivity contribution in [3.63, 3.8) is 0 Å². The van der Waals surface area contributed by atoms with Crippen LogP contribution in [0.2, 0.25) is 0 Å². The van der Waals surface area contributed by atoms with E-state index in [4.69, 9.17) is 0 Å². The number of aromatic amines is 1. The lowest BCUT2D eigenvalue weighted by atomic mass is 10.0. The third kappa shape index (κ3) is 4.26. The van der Waals surface area contributed by atoms with Crippen LogP contribution in [-0.2, 0) is 5.75 Å². The summed E-state index contributed by atoms with van der Waals surface area (Å²) in [5.74, 6) is 0.643. The second-order valence-corrected chi connectivity index (χ2v) is 7.26. The lowest BCUT2D eigenvalue weighted by molar-refractivity contribution is 0.934. The number of thioether (sulfide) groups is 1. The van der Waals surface area contributed by atoms with E-state index in [0.717, 1.165) is 22.3 Å². The normalized spacial score (nSPS) is 10.4. The van der Waals surface area contributed by atoms with E-state index in [1.807, 2.05) is 72.8 Å². The van der Waals surface area contributed by atoms with E-state index < -0.39 is 5.56 Å². The van der Waals surface area contributed by atoms with Gasteiger partial charge in [-0.15, -0.1) is 0 Å².